The van der Waals surface area contributed by atoms with Crippen molar-refractivity contribution in [1.82, 2.24) is 10.3 Å². The van der Waals surface area contributed by atoms with Gasteiger partial charge in [-0.15, -0.1) is 6.58 Å². The molecule has 0 fully saturated rings. The van der Waals surface area contributed by atoms with Crippen LogP contribution in [0.2, 0.25) is 0 Å². The van der Waals surface area contributed by atoms with Gasteiger partial charge in [-0.2, -0.15) is 0 Å². The molecule has 0 unspecified atom stereocenters. The quantitative estimate of drug-likeness (QED) is 0.784. The first-order chi connectivity index (χ1) is 8.38. The van der Waals surface area contributed by atoms with Crippen molar-refractivity contribution in [3.8, 4) is 5.88 Å². The molecule has 0 bridgehead atoms. The van der Waals surface area contributed by atoms with E-state index in [1.165, 1.54) is 0 Å². The third kappa shape index (κ3) is 5.82. The molecule has 0 spiro atoms. The number of nitrogens with one attached hydrogen (secondary N) is 1. The molecular weight excluding hydrogens is 224 g/mol. The van der Waals surface area contributed by atoms with Gasteiger partial charge in [-0.3, -0.25) is 0 Å². The summed E-state index contributed by atoms with van der Waals surface area (Å²) in [5, 5.41) is 3.44. The normalized spacial score (nSPS) is 11.3. The lowest BCUT2D eigenvalue weighted by Gasteiger charge is -2.21. The van der Waals surface area contributed by atoms with Crippen molar-refractivity contribution in [2.24, 2.45) is 0 Å². The van der Waals surface area contributed by atoms with Gasteiger partial charge in [0.05, 0.1) is 6.61 Å². The van der Waals surface area contributed by atoms with Crippen LogP contribution in [0.15, 0.2) is 30.5 Å². The molecule has 0 aliphatic carbocycles. The highest BCUT2D eigenvalue weighted by molar-refractivity contribution is 5.25. The molecule has 18 heavy (non-hydrogen) atoms. The summed E-state index contributed by atoms with van der Waals surface area (Å²) in [6.07, 6.45) is 2.62. The molecule has 1 aromatic heterocycles. The zero-order chi connectivity index (χ0) is 13.6. The van der Waals surface area contributed by atoms with Gasteiger partial charge in [0.15, 0.2) is 0 Å². The van der Waals surface area contributed by atoms with E-state index in [4.69, 9.17) is 4.74 Å². The average molecular weight is 248 g/mol. The van der Waals surface area contributed by atoms with E-state index >= 15 is 0 Å². The Hall–Kier alpha value is -1.35. The van der Waals surface area contributed by atoms with Crippen molar-refractivity contribution in [2.75, 3.05) is 6.61 Å². The molecular formula is C15H24N2O. The van der Waals surface area contributed by atoms with Crippen molar-refractivity contribution < 1.29 is 4.74 Å². The lowest BCUT2D eigenvalue weighted by atomic mass is 10.1. The van der Waals surface area contributed by atoms with Crippen LogP contribution in [-0.4, -0.2) is 17.1 Å². The zero-order valence-electron chi connectivity index (χ0n) is 11.9. The predicted molar refractivity (Wildman–Crippen MR) is 75.8 cm³/mol. The van der Waals surface area contributed by atoms with E-state index in [1.54, 1.807) is 6.20 Å². The summed E-state index contributed by atoms with van der Waals surface area (Å²) < 4.78 is 5.70. The Kier molecular flexibility index (Phi) is 5.35. The standard InChI is InChI=1S/C15H24N2O/c1-12(2)8-10-18-14-13(7-6-9-16-14)11-17-15(3,4)5/h6-7,9,17H,1,8,10-11H2,2-5H3. The van der Waals surface area contributed by atoms with Gasteiger partial charge in [0.2, 0.25) is 5.88 Å². The third-order valence-electron chi connectivity index (χ3n) is 2.43. The number of ether oxygens (including phenoxy) is 1. The zero-order valence-corrected chi connectivity index (χ0v) is 11.9. The molecule has 100 valence electrons. The van der Waals surface area contributed by atoms with Crippen LogP contribution in [0.25, 0.3) is 0 Å². The summed E-state index contributed by atoms with van der Waals surface area (Å²) in [7, 11) is 0. The Morgan fingerprint density at radius 2 is 2.17 bits per heavy atom. The van der Waals surface area contributed by atoms with Gasteiger partial charge in [0.25, 0.3) is 0 Å². The Labute approximate surface area is 110 Å². The smallest absolute Gasteiger partial charge is 0.217 e. The Bertz CT molecular complexity index is 394. The highest BCUT2D eigenvalue weighted by Gasteiger charge is 2.11. The van der Waals surface area contributed by atoms with Crippen LogP contribution in [-0.2, 0) is 6.54 Å². The maximum atomic E-state index is 5.70. The summed E-state index contributed by atoms with van der Waals surface area (Å²) in [5.41, 5.74) is 2.31. The van der Waals surface area contributed by atoms with Crippen molar-refractivity contribution in [3.63, 3.8) is 0 Å². The van der Waals surface area contributed by atoms with E-state index in [9.17, 15) is 0 Å². The first-order valence-electron chi connectivity index (χ1n) is 6.34. The first-order valence-corrected chi connectivity index (χ1v) is 6.34. The summed E-state index contributed by atoms with van der Waals surface area (Å²) in [6.45, 7) is 13.7. The van der Waals surface area contributed by atoms with Crippen LogP contribution in [0, 0.1) is 0 Å². The molecule has 0 aromatic carbocycles. The molecule has 3 nitrogen and oxygen atoms in total. The van der Waals surface area contributed by atoms with Gasteiger partial charge in [-0.05, 0) is 33.8 Å². The number of hydrogen-bond acceptors (Lipinski definition) is 3. The topological polar surface area (TPSA) is 34.1 Å². The molecule has 1 heterocycles. The Balaban J connectivity index is 2.59. The molecule has 0 atom stereocenters. The van der Waals surface area contributed by atoms with Crippen molar-refractivity contribution in [2.45, 2.75) is 46.2 Å². The maximum Gasteiger partial charge on any atom is 0.217 e. The molecule has 1 N–H and O–H groups in total. The highest BCUT2D eigenvalue weighted by Crippen LogP contribution is 2.16. The largest absolute Gasteiger partial charge is 0.477 e. The van der Waals surface area contributed by atoms with Gasteiger partial charge in [-0.25, -0.2) is 4.98 Å². The minimum atomic E-state index is 0.0881. The second kappa shape index (κ2) is 6.55. The van der Waals surface area contributed by atoms with E-state index in [0.717, 1.165) is 30.0 Å². The fraction of sp³-hybridized carbons (Fsp3) is 0.533. The minimum Gasteiger partial charge on any atom is -0.477 e. The van der Waals surface area contributed by atoms with Crippen LogP contribution < -0.4 is 10.1 Å². The van der Waals surface area contributed by atoms with E-state index in [1.807, 2.05) is 19.1 Å². The monoisotopic (exact) mass is 248 g/mol. The summed E-state index contributed by atoms with van der Waals surface area (Å²) in [4.78, 5) is 4.28. The molecule has 0 saturated carbocycles. The van der Waals surface area contributed by atoms with Crippen LogP contribution in [0.5, 0.6) is 5.88 Å². The maximum absolute atomic E-state index is 5.70. The SMILES string of the molecule is C=C(C)CCOc1ncccc1CNC(C)(C)C. The second-order valence-corrected chi connectivity index (χ2v) is 5.63. The van der Waals surface area contributed by atoms with E-state index < -0.39 is 0 Å². The van der Waals surface area contributed by atoms with Crippen LogP contribution in [0.3, 0.4) is 0 Å². The van der Waals surface area contributed by atoms with E-state index in [-0.39, 0.29) is 5.54 Å². The highest BCUT2D eigenvalue weighted by atomic mass is 16.5. The molecule has 0 saturated heterocycles. The first kappa shape index (κ1) is 14.7. The lowest BCUT2D eigenvalue weighted by molar-refractivity contribution is 0.302. The molecule has 0 aliphatic rings. The molecule has 0 radical (unpaired) electrons. The Morgan fingerprint density at radius 1 is 1.44 bits per heavy atom. The fourth-order valence-corrected chi connectivity index (χ4v) is 1.37. The predicted octanol–water partition coefficient (Wildman–Crippen LogP) is 3.31. The molecule has 0 amide bonds. The Morgan fingerprint density at radius 3 is 2.78 bits per heavy atom. The van der Waals surface area contributed by atoms with Gasteiger partial charge in [0.1, 0.15) is 0 Å². The van der Waals surface area contributed by atoms with Gasteiger partial charge < -0.3 is 10.1 Å². The van der Waals surface area contributed by atoms with E-state index in [2.05, 4.69) is 37.7 Å². The number of rotatable bonds is 6. The third-order valence-corrected chi connectivity index (χ3v) is 2.43. The average Bonchev–Trinajstić information content (AvgIpc) is 2.26. The lowest BCUT2D eigenvalue weighted by Crippen LogP contribution is -2.35. The number of aromatic nitrogens is 1. The van der Waals surface area contributed by atoms with Gasteiger partial charge in [0, 0.05) is 30.3 Å². The summed E-state index contributed by atoms with van der Waals surface area (Å²) in [5.74, 6) is 0.718. The van der Waals surface area contributed by atoms with Gasteiger partial charge in [-0.1, -0.05) is 11.6 Å². The van der Waals surface area contributed by atoms with Gasteiger partial charge >= 0.3 is 0 Å². The van der Waals surface area contributed by atoms with Crippen LogP contribution in [0.1, 0.15) is 39.7 Å². The molecule has 3 heteroatoms. The molecule has 0 aliphatic heterocycles. The van der Waals surface area contributed by atoms with Crippen LogP contribution in [0.4, 0.5) is 0 Å². The molecule has 1 rings (SSSR count). The minimum absolute atomic E-state index is 0.0881. The van der Waals surface area contributed by atoms with E-state index in [0.29, 0.717) is 6.61 Å². The van der Waals surface area contributed by atoms with Crippen molar-refractivity contribution in [3.05, 3.63) is 36.0 Å². The summed E-state index contributed by atoms with van der Waals surface area (Å²) >= 11 is 0. The number of nitrogens with zero attached hydrogens (tertiary/aromatic N) is 1. The fourth-order valence-electron chi connectivity index (χ4n) is 1.37. The second-order valence-electron chi connectivity index (χ2n) is 5.63. The molecule has 1 aromatic rings. The number of hydrogen-bond donors (Lipinski definition) is 1. The number of pyridine rings is 1. The van der Waals surface area contributed by atoms with Crippen LogP contribution >= 0.6 is 0 Å². The summed E-state index contributed by atoms with van der Waals surface area (Å²) in [6, 6.07) is 3.98. The van der Waals surface area contributed by atoms with Crippen molar-refractivity contribution >= 4 is 0 Å². The van der Waals surface area contributed by atoms with Crippen molar-refractivity contribution in [1.29, 1.82) is 0 Å².